The zero-order valence-electron chi connectivity index (χ0n) is 8.45. The Kier molecular flexibility index (Phi) is 2.75. The summed E-state index contributed by atoms with van der Waals surface area (Å²) >= 11 is 5.61. The number of carbonyl (C=O) groups is 1. The van der Waals surface area contributed by atoms with Gasteiger partial charge in [-0.3, -0.25) is 9.48 Å². The summed E-state index contributed by atoms with van der Waals surface area (Å²) in [5, 5.41) is 3.83. The predicted molar refractivity (Wildman–Crippen MR) is 58.1 cm³/mol. The smallest absolute Gasteiger partial charge is 0.211 e. The first-order valence-corrected chi connectivity index (χ1v) is 4.95. The molecule has 5 heteroatoms. The monoisotopic (exact) mass is 238 g/mol. The van der Waals surface area contributed by atoms with Crippen LogP contribution < -0.4 is 0 Å². The number of rotatable bonds is 2. The largest absolute Gasteiger partial charge is 0.287 e. The highest BCUT2D eigenvalue weighted by atomic mass is 35.5. The first-order valence-electron chi connectivity index (χ1n) is 4.57. The predicted octanol–water partition coefficient (Wildman–Crippen LogP) is 2.44. The molecule has 82 valence electrons. The second-order valence-electron chi connectivity index (χ2n) is 3.30. The third kappa shape index (κ3) is 1.84. The van der Waals surface area contributed by atoms with E-state index in [1.54, 1.807) is 13.1 Å². The zero-order chi connectivity index (χ0) is 11.7. The highest BCUT2D eigenvalue weighted by Crippen LogP contribution is 2.18. The van der Waals surface area contributed by atoms with Crippen LogP contribution in [0.3, 0.4) is 0 Å². The van der Waals surface area contributed by atoms with Gasteiger partial charge in [0.25, 0.3) is 0 Å². The van der Waals surface area contributed by atoms with Crippen LogP contribution >= 0.6 is 11.6 Å². The van der Waals surface area contributed by atoms with E-state index in [1.165, 1.54) is 29.1 Å². The van der Waals surface area contributed by atoms with Crippen molar-refractivity contribution < 1.29 is 9.18 Å². The molecule has 0 aliphatic rings. The van der Waals surface area contributed by atoms with Crippen molar-refractivity contribution in [3.8, 4) is 0 Å². The number of halogens is 2. The van der Waals surface area contributed by atoms with Gasteiger partial charge in [0.15, 0.2) is 0 Å². The average molecular weight is 239 g/mol. The third-order valence-electron chi connectivity index (χ3n) is 2.24. The summed E-state index contributed by atoms with van der Waals surface area (Å²) in [6.07, 6.45) is 1.53. The molecule has 16 heavy (non-hydrogen) atoms. The van der Waals surface area contributed by atoms with E-state index in [0.29, 0.717) is 11.3 Å². The standard InChI is InChI=1S/C11H8ClFN2O/c1-15-10(4-5-14-15)11(16)7-2-3-9(13)8(12)6-7/h2-6H,1H3. The van der Waals surface area contributed by atoms with E-state index in [9.17, 15) is 9.18 Å². The number of benzene rings is 1. The van der Waals surface area contributed by atoms with Crippen LogP contribution in [0, 0.1) is 5.82 Å². The molecule has 0 N–H and O–H groups in total. The van der Waals surface area contributed by atoms with Gasteiger partial charge in [0.05, 0.1) is 5.02 Å². The molecule has 3 nitrogen and oxygen atoms in total. The lowest BCUT2D eigenvalue weighted by atomic mass is 10.1. The third-order valence-corrected chi connectivity index (χ3v) is 2.52. The molecule has 0 saturated carbocycles. The molecule has 1 heterocycles. The SMILES string of the molecule is Cn1nccc1C(=O)c1ccc(F)c(Cl)c1. The van der Waals surface area contributed by atoms with Crippen LogP contribution in [0.1, 0.15) is 16.1 Å². The minimum Gasteiger partial charge on any atom is -0.287 e. The molecule has 0 radical (unpaired) electrons. The van der Waals surface area contributed by atoms with Gasteiger partial charge in [-0.1, -0.05) is 11.6 Å². The molecular weight excluding hydrogens is 231 g/mol. The van der Waals surface area contributed by atoms with E-state index in [4.69, 9.17) is 11.6 Å². The normalized spacial score (nSPS) is 10.4. The van der Waals surface area contributed by atoms with Crippen LogP contribution in [-0.2, 0) is 7.05 Å². The van der Waals surface area contributed by atoms with Crippen molar-refractivity contribution in [1.82, 2.24) is 9.78 Å². The maximum atomic E-state index is 12.9. The zero-order valence-corrected chi connectivity index (χ0v) is 9.20. The van der Waals surface area contributed by atoms with E-state index in [-0.39, 0.29) is 10.8 Å². The summed E-state index contributed by atoms with van der Waals surface area (Å²) in [4.78, 5) is 11.9. The Balaban J connectivity index is 2.42. The van der Waals surface area contributed by atoms with Crippen LogP contribution in [0.5, 0.6) is 0 Å². The van der Waals surface area contributed by atoms with Crippen LogP contribution in [0.15, 0.2) is 30.5 Å². The fourth-order valence-electron chi connectivity index (χ4n) is 1.38. The van der Waals surface area contributed by atoms with E-state index in [0.717, 1.165) is 0 Å². The Labute approximate surface area is 96.5 Å². The van der Waals surface area contributed by atoms with Gasteiger partial charge < -0.3 is 0 Å². The van der Waals surface area contributed by atoms with E-state index in [2.05, 4.69) is 5.10 Å². The van der Waals surface area contributed by atoms with Crippen LogP contribution in [0.25, 0.3) is 0 Å². The summed E-state index contributed by atoms with van der Waals surface area (Å²) in [7, 11) is 1.67. The van der Waals surface area contributed by atoms with Crippen molar-refractivity contribution in [3.63, 3.8) is 0 Å². The van der Waals surface area contributed by atoms with E-state index >= 15 is 0 Å². The molecule has 0 atom stereocenters. The summed E-state index contributed by atoms with van der Waals surface area (Å²) in [5.41, 5.74) is 0.776. The molecule has 1 aromatic carbocycles. The van der Waals surface area contributed by atoms with Crippen molar-refractivity contribution in [2.45, 2.75) is 0 Å². The van der Waals surface area contributed by atoms with Crippen molar-refractivity contribution >= 4 is 17.4 Å². The number of aromatic nitrogens is 2. The quantitative estimate of drug-likeness (QED) is 0.754. The summed E-state index contributed by atoms with van der Waals surface area (Å²) in [6.45, 7) is 0. The highest BCUT2D eigenvalue weighted by molar-refractivity contribution is 6.31. The number of carbonyl (C=O) groups excluding carboxylic acids is 1. The minimum absolute atomic E-state index is 0.0620. The average Bonchev–Trinajstić information content (AvgIpc) is 2.67. The molecule has 0 spiro atoms. The molecule has 0 fully saturated rings. The number of aryl methyl sites for hydroxylation is 1. The molecule has 0 aliphatic carbocycles. The van der Waals surface area contributed by atoms with Gasteiger partial charge in [-0.05, 0) is 24.3 Å². The van der Waals surface area contributed by atoms with Crippen molar-refractivity contribution in [2.24, 2.45) is 7.05 Å². The first-order chi connectivity index (χ1) is 7.59. The number of hydrogen-bond donors (Lipinski definition) is 0. The van der Waals surface area contributed by atoms with Crippen LogP contribution in [-0.4, -0.2) is 15.6 Å². The lowest BCUT2D eigenvalue weighted by Crippen LogP contribution is -2.08. The maximum absolute atomic E-state index is 12.9. The lowest BCUT2D eigenvalue weighted by molar-refractivity contribution is 0.103. The molecule has 0 amide bonds. The summed E-state index contributed by atoms with van der Waals surface area (Å²) in [6, 6.07) is 5.48. The molecular formula is C11H8ClFN2O. The van der Waals surface area contributed by atoms with Gasteiger partial charge in [-0.25, -0.2) is 4.39 Å². The van der Waals surface area contributed by atoms with Crippen LogP contribution in [0.4, 0.5) is 4.39 Å². The number of nitrogens with zero attached hydrogens (tertiary/aromatic N) is 2. The van der Waals surface area contributed by atoms with Crippen molar-refractivity contribution in [1.29, 1.82) is 0 Å². The molecule has 2 rings (SSSR count). The van der Waals surface area contributed by atoms with Gasteiger partial charge in [-0.15, -0.1) is 0 Å². The Hall–Kier alpha value is -1.68. The fourth-order valence-corrected chi connectivity index (χ4v) is 1.56. The Bertz CT molecular complexity index is 551. The Morgan fingerprint density at radius 2 is 2.19 bits per heavy atom. The van der Waals surface area contributed by atoms with E-state index in [1.807, 2.05) is 0 Å². The first kappa shape index (κ1) is 10.8. The lowest BCUT2D eigenvalue weighted by Gasteiger charge is -2.02. The van der Waals surface area contributed by atoms with Gasteiger partial charge in [0.1, 0.15) is 11.5 Å². The maximum Gasteiger partial charge on any atom is 0.211 e. The molecule has 2 aromatic rings. The van der Waals surface area contributed by atoms with Gasteiger partial charge in [0.2, 0.25) is 5.78 Å². The topological polar surface area (TPSA) is 34.9 Å². The highest BCUT2D eigenvalue weighted by Gasteiger charge is 2.13. The summed E-state index contributed by atoms with van der Waals surface area (Å²) in [5.74, 6) is -0.773. The Morgan fingerprint density at radius 1 is 1.44 bits per heavy atom. The molecule has 0 saturated heterocycles. The van der Waals surface area contributed by atoms with Gasteiger partial charge in [-0.2, -0.15) is 5.10 Å². The van der Waals surface area contributed by atoms with E-state index < -0.39 is 5.82 Å². The number of ketones is 1. The molecule has 0 bridgehead atoms. The van der Waals surface area contributed by atoms with Crippen LogP contribution in [0.2, 0.25) is 5.02 Å². The van der Waals surface area contributed by atoms with Crippen molar-refractivity contribution in [2.75, 3.05) is 0 Å². The molecule has 0 aliphatic heterocycles. The van der Waals surface area contributed by atoms with Gasteiger partial charge in [0, 0.05) is 18.8 Å². The molecule has 0 unspecified atom stereocenters. The Morgan fingerprint density at radius 3 is 2.75 bits per heavy atom. The summed E-state index contributed by atoms with van der Waals surface area (Å²) < 4.78 is 14.4. The molecule has 1 aromatic heterocycles. The second-order valence-corrected chi connectivity index (χ2v) is 3.71. The minimum atomic E-state index is -0.539. The second kappa shape index (κ2) is 4.06. The van der Waals surface area contributed by atoms with Gasteiger partial charge >= 0.3 is 0 Å². The fraction of sp³-hybridized carbons (Fsp3) is 0.0909. The van der Waals surface area contributed by atoms with Crippen molar-refractivity contribution in [3.05, 3.63) is 52.6 Å². The number of hydrogen-bond acceptors (Lipinski definition) is 2.